The third-order valence-corrected chi connectivity index (χ3v) is 5.74. The minimum Gasteiger partial charge on any atom is -0.495 e. The molecule has 0 saturated carbocycles. The van der Waals surface area contributed by atoms with Crippen LogP contribution in [0.1, 0.15) is 23.2 Å². The molecular formula is C24H25N7O4. The number of methoxy groups -OCH3 is 1. The zero-order valence-corrected chi connectivity index (χ0v) is 19.4. The van der Waals surface area contributed by atoms with E-state index >= 15 is 0 Å². The molecule has 0 bridgehead atoms. The SMILES string of the molecule is CNC(=O)c1ccc(Nc2nc(OC3CCOCC3)c3c(-c4ccncn4)c[nH]c3n2)c(OC)c1. The molecule has 1 saturated heterocycles. The van der Waals surface area contributed by atoms with Gasteiger partial charge in [0.1, 0.15) is 23.8 Å². The van der Waals surface area contributed by atoms with Crippen molar-refractivity contribution in [3.63, 3.8) is 0 Å². The minimum atomic E-state index is -0.205. The van der Waals surface area contributed by atoms with Gasteiger partial charge in [0.2, 0.25) is 11.8 Å². The van der Waals surface area contributed by atoms with Gasteiger partial charge >= 0.3 is 0 Å². The zero-order chi connectivity index (χ0) is 24.2. The van der Waals surface area contributed by atoms with Crippen LogP contribution in [0.25, 0.3) is 22.3 Å². The van der Waals surface area contributed by atoms with E-state index < -0.39 is 0 Å². The summed E-state index contributed by atoms with van der Waals surface area (Å²) in [6.07, 6.45) is 6.54. The molecular weight excluding hydrogens is 450 g/mol. The lowest BCUT2D eigenvalue weighted by Crippen LogP contribution is -2.26. The van der Waals surface area contributed by atoms with Gasteiger partial charge in [-0.25, -0.2) is 9.97 Å². The van der Waals surface area contributed by atoms with Crippen LogP contribution in [0.15, 0.2) is 43.0 Å². The van der Waals surface area contributed by atoms with Gasteiger partial charge in [0, 0.05) is 43.4 Å². The summed E-state index contributed by atoms with van der Waals surface area (Å²) in [6, 6.07) is 6.92. The number of aromatic amines is 1. The normalized spacial score (nSPS) is 14.0. The van der Waals surface area contributed by atoms with E-state index in [9.17, 15) is 4.79 Å². The lowest BCUT2D eigenvalue weighted by atomic mass is 10.1. The van der Waals surface area contributed by atoms with Gasteiger partial charge in [0.05, 0.1) is 37.1 Å². The zero-order valence-electron chi connectivity index (χ0n) is 19.4. The Morgan fingerprint density at radius 2 is 2.06 bits per heavy atom. The Labute approximate surface area is 201 Å². The van der Waals surface area contributed by atoms with Gasteiger partial charge < -0.3 is 29.8 Å². The van der Waals surface area contributed by atoms with Crippen molar-refractivity contribution in [1.29, 1.82) is 0 Å². The number of aromatic nitrogens is 5. The first-order chi connectivity index (χ1) is 17.2. The molecule has 0 aliphatic carbocycles. The molecule has 11 nitrogen and oxygen atoms in total. The van der Waals surface area contributed by atoms with Gasteiger partial charge in [-0.15, -0.1) is 0 Å². The largest absolute Gasteiger partial charge is 0.495 e. The standard InChI is InChI=1S/C24H25N7O4/c1-25-22(32)14-3-4-18(19(11-14)33-2)29-24-30-21-20(16(12-27-21)17-5-8-26-13-28-17)23(31-24)35-15-6-9-34-10-7-15/h3-5,8,11-13,15H,6-7,9-10H2,1-2H3,(H,25,32)(H2,27,29,30,31). The summed E-state index contributed by atoms with van der Waals surface area (Å²) in [5, 5.41) is 6.54. The molecule has 11 heteroatoms. The molecule has 1 aliphatic heterocycles. The van der Waals surface area contributed by atoms with Gasteiger partial charge in [0.25, 0.3) is 5.91 Å². The number of H-pyrrole nitrogens is 1. The average molecular weight is 476 g/mol. The van der Waals surface area contributed by atoms with Crippen LogP contribution in [0.2, 0.25) is 0 Å². The Bertz CT molecular complexity index is 1340. The van der Waals surface area contributed by atoms with Crippen LogP contribution in [-0.2, 0) is 4.74 Å². The highest BCUT2D eigenvalue weighted by atomic mass is 16.5. The summed E-state index contributed by atoms with van der Waals surface area (Å²) in [4.78, 5) is 33.0. The molecule has 1 aromatic carbocycles. The summed E-state index contributed by atoms with van der Waals surface area (Å²) >= 11 is 0. The van der Waals surface area contributed by atoms with Crippen LogP contribution in [0.3, 0.4) is 0 Å². The van der Waals surface area contributed by atoms with E-state index in [1.165, 1.54) is 13.4 Å². The highest BCUT2D eigenvalue weighted by Crippen LogP contribution is 2.36. The van der Waals surface area contributed by atoms with Crippen molar-refractivity contribution in [3.05, 3.63) is 48.5 Å². The highest BCUT2D eigenvalue weighted by Gasteiger charge is 2.22. The molecule has 0 atom stereocenters. The maximum absolute atomic E-state index is 12.0. The van der Waals surface area contributed by atoms with E-state index in [2.05, 4.69) is 30.6 Å². The van der Waals surface area contributed by atoms with E-state index in [4.69, 9.17) is 19.2 Å². The summed E-state index contributed by atoms with van der Waals surface area (Å²) in [7, 11) is 3.12. The second-order valence-corrected chi connectivity index (χ2v) is 7.92. The van der Waals surface area contributed by atoms with E-state index in [1.807, 2.05) is 12.3 Å². The number of carbonyl (C=O) groups excluding carboxylic acids is 1. The van der Waals surface area contributed by atoms with Crippen LogP contribution >= 0.6 is 0 Å². The second-order valence-electron chi connectivity index (χ2n) is 7.92. The molecule has 4 heterocycles. The first-order valence-corrected chi connectivity index (χ1v) is 11.2. The second kappa shape index (κ2) is 9.94. The molecule has 5 rings (SSSR count). The molecule has 35 heavy (non-hydrogen) atoms. The van der Waals surface area contributed by atoms with Crippen LogP contribution in [-0.4, -0.2) is 64.3 Å². The molecule has 3 aromatic heterocycles. The molecule has 1 amide bonds. The minimum absolute atomic E-state index is 0.0239. The maximum Gasteiger partial charge on any atom is 0.251 e. The number of rotatable bonds is 7. The van der Waals surface area contributed by atoms with E-state index in [-0.39, 0.29) is 12.0 Å². The fourth-order valence-corrected chi connectivity index (χ4v) is 3.95. The fraction of sp³-hybridized carbons (Fsp3) is 0.292. The third kappa shape index (κ3) is 4.71. The molecule has 4 aromatic rings. The molecule has 3 N–H and O–H groups in total. The lowest BCUT2D eigenvalue weighted by molar-refractivity contribution is 0.0244. The number of hydrogen-bond acceptors (Lipinski definition) is 9. The number of benzene rings is 1. The summed E-state index contributed by atoms with van der Waals surface area (Å²) < 4.78 is 17.3. The summed E-state index contributed by atoms with van der Waals surface area (Å²) in [5.74, 6) is 1.04. The van der Waals surface area contributed by atoms with Crippen LogP contribution in [0.5, 0.6) is 11.6 Å². The molecule has 1 fully saturated rings. The Balaban J connectivity index is 1.55. The van der Waals surface area contributed by atoms with Gasteiger partial charge in [0.15, 0.2) is 0 Å². The monoisotopic (exact) mass is 475 g/mol. The van der Waals surface area contributed by atoms with Crippen molar-refractivity contribution in [1.82, 2.24) is 30.2 Å². The number of fused-ring (bicyclic) bond motifs is 1. The predicted molar refractivity (Wildman–Crippen MR) is 129 cm³/mol. The van der Waals surface area contributed by atoms with Crippen molar-refractivity contribution >= 4 is 28.6 Å². The van der Waals surface area contributed by atoms with Crippen molar-refractivity contribution in [2.75, 3.05) is 32.7 Å². The van der Waals surface area contributed by atoms with Crippen LogP contribution < -0.4 is 20.1 Å². The van der Waals surface area contributed by atoms with Crippen LogP contribution in [0, 0.1) is 0 Å². The van der Waals surface area contributed by atoms with Crippen molar-refractivity contribution in [3.8, 4) is 22.9 Å². The number of ether oxygens (including phenoxy) is 3. The molecule has 180 valence electrons. The molecule has 0 unspecified atom stereocenters. The summed E-state index contributed by atoms with van der Waals surface area (Å²) in [5.41, 5.74) is 3.24. The number of nitrogens with zero attached hydrogens (tertiary/aromatic N) is 4. The number of anilines is 2. The summed E-state index contributed by atoms with van der Waals surface area (Å²) in [6.45, 7) is 1.29. The maximum atomic E-state index is 12.0. The average Bonchev–Trinajstić information content (AvgIpc) is 3.34. The Hall–Kier alpha value is -4.25. The quantitative estimate of drug-likeness (QED) is 0.368. The molecule has 1 aliphatic rings. The number of nitrogens with one attached hydrogen (secondary N) is 3. The van der Waals surface area contributed by atoms with Crippen molar-refractivity contribution in [2.45, 2.75) is 18.9 Å². The van der Waals surface area contributed by atoms with Crippen LogP contribution in [0.4, 0.5) is 11.6 Å². The Morgan fingerprint density at radius 1 is 1.20 bits per heavy atom. The highest BCUT2D eigenvalue weighted by molar-refractivity contribution is 5.97. The van der Waals surface area contributed by atoms with Gasteiger partial charge in [-0.2, -0.15) is 9.97 Å². The predicted octanol–water partition coefficient (Wildman–Crippen LogP) is 3.08. The van der Waals surface area contributed by atoms with Crippen molar-refractivity contribution in [2.24, 2.45) is 0 Å². The molecule has 0 radical (unpaired) electrons. The number of hydrogen-bond donors (Lipinski definition) is 3. The van der Waals surface area contributed by atoms with Gasteiger partial charge in [-0.05, 0) is 24.3 Å². The number of carbonyl (C=O) groups is 1. The Kier molecular flexibility index (Phi) is 6.40. The van der Waals surface area contributed by atoms with E-state index in [1.54, 1.807) is 31.4 Å². The van der Waals surface area contributed by atoms with E-state index in [0.717, 1.165) is 29.5 Å². The number of amides is 1. The third-order valence-electron chi connectivity index (χ3n) is 5.74. The van der Waals surface area contributed by atoms with Gasteiger partial charge in [-0.1, -0.05) is 0 Å². The fourth-order valence-electron chi connectivity index (χ4n) is 3.95. The van der Waals surface area contributed by atoms with Crippen molar-refractivity contribution < 1.29 is 19.0 Å². The topological polar surface area (TPSA) is 136 Å². The lowest BCUT2D eigenvalue weighted by Gasteiger charge is -2.23. The van der Waals surface area contributed by atoms with E-state index in [0.29, 0.717) is 47.7 Å². The molecule has 0 spiro atoms. The smallest absolute Gasteiger partial charge is 0.251 e. The first kappa shape index (κ1) is 22.5. The Morgan fingerprint density at radius 3 is 2.80 bits per heavy atom. The first-order valence-electron chi connectivity index (χ1n) is 11.2. The van der Waals surface area contributed by atoms with Gasteiger partial charge in [-0.3, -0.25) is 4.79 Å².